The number of ketones is 1. The second-order valence-electron chi connectivity index (χ2n) is 5.56. The highest BCUT2D eigenvalue weighted by atomic mass is 16.3. The van der Waals surface area contributed by atoms with E-state index in [2.05, 4.69) is 10.3 Å². The number of aliphatic imine (C=N–C) groups is 1. The number of carbonyl (C=O) groups excluding carboxylic acids is 2. The zero-order valence-corrected chi connectivity index (χ0v) is 12.8. The highest BCUT2D eigenvalue weighted by Gasteiger charge is 2.33. The monoisotopic (exact) mass is 270 g/mol. The molecule has 0 aromatic rings. The first kappa shape index (κ1) is 17.8. The maximum Gasteiger partial charge on any atom is 0.227 e. The Kier molecular flexibility index (Phi) is 6.90. The van der Waals surface area contributed by atoms with E-state index in [1.807, 2.05) is 6.92 Å². The van der Waals surface area contributed by atoms with Gasteiger partial charge >= 0.3 is 0 Å². The Labute approximate surface area is 115 Å². The number of Topliss-reactive ketones (excluding diaryl/α,β-unsaturated/α-hetero) is 1. The molecule has 2 N–H and O–H groups in total. The Morgan fingerprint density at radius 2 is 1.79 bits per heavy atom. The Morgan fingerprint density at radius 1 is 1.26 bits per heavy atom. The van der Waals surface area contributed by atoms with Crippen molar-refractivity contribution in [3.63, 3.8) is 0 Å². The molecular formula is C14H26N2O3. The van der Waals surface area contributed by atoms with E-state index < -0.39 is 11.5 Å². The molecular weight excluding hydrogens is 244 g/mol. The smallest absolute Gasteiger partial charge is 0.227 e. The Bertz CT molecular complexity index is 358. The van der Waals surface area contributed by atoms with E-state index in [1.165, 1.54) is 0 Å². The van der Waals surface area contributed by atoms with Gasteiger partial charge in [-0.3, -0.25) is 14.6 Å². The average molecular weight is 270 g/mol. The fourth-order valence-corrected chi connectivity index (χ4v) is 1.23. The summed E-state index contributed by atoms with van der Waals surface area (Å²) in [5, 5.41) is 12.3. The van der Waals surface area contributed by atoms with Crippen molar-refractivity contribution in [3.05, 3.63) is 0 Å². The predicted molar refractivity (Wildman–Crippen MR) is 76.0 cm³/mol. The van der Waals surface area contributed by atoms with Gasteiger partial charge in [0.2, 0.25) is 5.91 Å². The number of amidine groups is 1. The second kappa shape index (κ2) is 7.38. The van der Waals surface area contributed by atoms with Gasteiger partial charge in [0.1, 0.15) is 11.6 Å². The van der Waals surface area contributed by atoms with E-state index in [0.29, 0.717) is 12.4 Å². The number of rotatable bonds is 6. The van der Waals surface area contributed by atoms with Crippen molar-refractivity contribution in [1.82, 2.24) is 5.32 Å². The van der Waals surface area contributed by atoms with E-state index in [1.54, 1.807) is 34.6 Å². The molecule has 1 unspecified atom stereocenters. The maximum absolute atomic E-state index is 12.2. The van der Waals surface area contributed by atoms with Crippen molar-refractivity contribution in [2.24, 2.45) is 16.3 Å². The van der Waals surface area contributed by atoms with E-state index in [-0.39, 0.29) is 24.0 Å². The molecule has 5 nitrogen and oxygen atoms in total. The van der Waals surface area contributed by atoms with E-state index in [4.69, 9.17) is 0 Å². The van der Waals surface area contributed by atoms with Crippen molar-refractivity contribution in [2.45, 2.75) is 54.1 Å². The number of hydrogen-bond acceptors (Lipinski definition) is 4. The van der Waals surface area contributed by atoms with Crippen LogP contribution < -0.4 is 5.32 Å². The fraction of sp³-hybridized carbons (Fsp3) is 0.786. The highest BCUT2D eigenvalue weighted by molar-refractivity contribution is 6.08. The van der Waals surface area contributed by atoms with Crippen LogP contribution in [0.5, 0.6) is 0 Å². The first-order chi connectivity index (χ1) is 8.62. The first-order valence-electron chi connectivity index (χ1n) is 6.68. The average Bonchev–Trinajstić information content (AvgIpc) is 2.28. The number of amides is 1. The molecule has 19 heavy (non-hydrogen) atoms. The zero-order valence-electron chi connectivity index (χ0n) is 12.8. The van der Waals surface area contributed by atoms with Gasteiger partial charge in [-0.1, -0.05) is 27.7 Å². The molecule has 1 atom stereocenters. The summed E-state index contributed by atoms with van der Waals surface area (Å²) >= 11 is 0. The quantitative estimate of drug-likeness (QED) is 0.567. The summed E-state index contributed by atoms with van der Waals surface area (Å²) in [6, 6.07) is 0. The van der Waals surface area contributed by atoms with E-state index in [0.717, 1.165) is 0 Å². The van der Waals surface area contributed by atoms with Crippen LogP contribution in [-0.4, -0.2) is 35.3 Å². The van der Waals surface area contributed by atoms with Crippen LogP contribution in [0.1, 0.15) is 48.0 Å². The lowest BCUT2D eigenvalue weighted by Crippen LogP contribution is -2.41. The molecule has 0 bridgehead atoms. The Balaban J connectivity index is 4.84. The Hall–Kier alpha value is -1.23. The van der Waals surface area contributed by atoms with Gasteiger partial charge in [-0.25, -0.2) is 0 Å². The molecule has 0 fully saturated rings. The van der Waals surface area contributed by atoms with Crippen LogP contribution in [-0.2, 0) is 9.59 Å². The number of nitrogens with one attached hydrogen (secondary N) is 1. The minimum atomic E-state index is -0.850. The standard InChI is InChI=1S/C14H26N2O3/c1-7-15-12(16-13(19)9(2)3)8-11(18)14(5,6)10(4)17/h9-10,17H,7-8H2,1-6H3,(H,15,16,19). The van der Waals surface area contributed by atoms with Gasteiger partial charge in [0.15, 0.2) is 0 Å². The number of nitrogens with zero attached hydrogens (tertiary/aromatic N) is 1. The molecule has 110 valence electrons. The molecule has 0 heterocycles. The molecule has 1 amide bonds. The van der Waals surface area contributed by atoms with Gasteiger partial charge in [-0.15, -0.1) is 0 Å². The lowest BCUT2D eigenvalue weighted by Gasteiger charge is -2.26. The summed E-state index contributed by atoms with van der Waals surface area (Å²) in [7, 11) is 0. The van der Waals surface area contributed by atoms with Crippen LogP contribution in [0.4, 0.5) is 0 Å². The first-order valence-corrected chi connectivity index (χ1v) is 6.68. The van der Waals surface area contributed by atoms with Crippen molar-refractivity contribution in [1.29, 1.82) is 0 Å². The third kappa shape index (κ3) is 5.51. The van der Waals surface area contributed by atoms with Crippen LogP contribution in [0.15, 0.2) is 4.99 Å². The normalized spacial score (nSPS) is 14.4. The topological polar surface area (TPSA) is 78.8 Å². The van der Waals surface area contributed by atoms with Crippen LogP contribution in [0.25, 0.3) is 0 Å². The molecule has 0 aliphatic carbocycles. The molecule has 0 radical (unpaired) electrons. The molecule has 0 saturated heterocycles. The van der Waals surface area contributed by atoms with Gasteiger partial charge < -0.3 is 10.4 Å². The number of carbonyl (C=O) groups is 2. The largest absolute Gasteiger partial charge is 0.392 e. The van der Waals surface area contributed by atoms with Crippen molar-refractivity contribution >= 4 is 17.5 Å². The highest BCUT2D eigenvalue weighted by Crippen LogP contribution is 2.23. The third-order valence-corrected chi connectivity index (χ3v) is 3.23. The number of hydrogen-bond donors (Lipinski definition) is 2. The fourth-order valence-electron chi connectivity index (χ4n) is 1.23. The summed E-state index contributed by atoms with van der Waals surface area (Å²) in [4.78, 5) is 27.9. The van der Waals surface area contributed by atoms with E-state index >= 15 is 0 Å². The minimum absolute atomic E-state index is 0.0319. The molecule has 0 aromatic heterocycles. The van der Waals surface area contributed by atoms with Crippen LogP contribution in [0.3, 0.4) is 0 Å². The second-order valence-corrected chi connectivity index (χ2v) is 5.56. The van der Waals surface area contributed by atoms with Crippen molar-refractivity contribution < 1.29 is 14.7 Å². The zero-order chi connectivity index (χ0) is 15.2. The molecule has 0 rings (SSSR count). The lowest BCUT2D eigenvalue weighted by atomic mass is 9.81. The van der Waals surface area contributed by atoms with Crippen LogP contribution >= 0.6 is 0 Å². The summed E-state index contributed by atoms with van der Waals surface area (Å²) in [5.41, 5.74) is -0.850. The third-order valence-electron chi connectivity index (χ3n) is 3.23. The summed E-state index contributed by atoms with van der Waals surface area (Å²) in [5.74, 6) is -0.0875. The summed E-state index contributed by atoms with van der Waals surface area (Å²) in [6.07, 6.45) is -0.715. The van der Waals surface area contributed by atoms with Crippen molar-refractivity contribution in [2.75, 3.05) is 6.54 Å². The van der Waals surface area contributed by atoms with Crippen LogP contribution in [0.2, 0.25) is 0 Å². The summed E-state index contributed by atoms with van der Waals surface area (Å²) < 4.78 is 0. The molecule has 0 aromatic carbocycles. The molecule has 5 heteroatoms. The van der Waals surface area contributed by atoms with E-state index in [9.17, 15) is 14.7 Å². The Morgan fingerprint density at radius 3 is 2.16 bits per heavy atom. The molecule has 0 aliphatic heterocycles. The molecule has 0 aliphatic rings. The maximum atomic E-state index is 12.2. The van der Waals surface area contributed by atoms with Crippen LogP contribution in [0, 0.1) is 11.3 Å². The summed E-state index contributed by atoms with van der Waals surface area (Å²) in [6.45, 7) is 10.9. The number of aliphatic hydroxyl groups is 1. The minimum Gasteiger partial charge on any atom is -0.392 e. The van der Waals surface area contributed by atoms with Gasteiger partial charge in [-0.05, 0) is 13.8 Å². The molecule has 0 saturated carbocycles. The van der Waals surface area contributed by atoms with Gasteiger partial charge in [0, 0.05) is 17.9 Å². The van der Waals surface area contributed by atoms with Crippen molar-refractivity contribution in [3.8, 4) is 0 Å². The lowest BCUT2D eigenvalue weighted by molar-refractivity contribution is -0.131. The van der Waals surface area contributed by atoms with Gasteiger partial charge in [-0.2, -0.15) is 0 Å². The van der Waals surface area contributed by atoms with Gasteiger partial charge in [0.05, 0.1) is 12.5 Å². The predicted octanol–water partition coefficient (Wildman–Crippen LogP) is 1.54. The number of aliphatic hydroxyl groups excluding tert-OH is 1. The molecule has 0 spiro atoms. The SMILES string of the molecule is CCN=C(CC(=O)C(C)(C)C(C)O)NC(=O)C(C)C. The van der Waals surface area contributed by atoms with Gasteiger partial charge in [0.25, 0.3) is 0 Å².